The lowest BCUT2D eigenvalue weighted by molar-refractivity contribution is -0.141. The van der Waals surface area contributed by atoms with Gasteiger partial charge in [-0.25, -0.2) is 0 Å². The van der Waals surface area contributed by atoms with Crippen molar-refractivity contribution < 1.29 is 24.2 Å². The van der Waals surface area contributed by atoms with Gasteiger partial charge in [0.1, 0.15) is 17.3 Å². The average Bonchev–Trinajstić information content (AvgIpc) is 3.42. The second-order valence-electron chi connectivity index (χ2n) is 8.78. The van der Waals surface area contributed by atoms with E-state index in [1.807, 2.05) is 57.2 Å². The number of nitrogens with zero attached hydrogens (tertiary/aromatic N) is 1. The zero-order valence-corrected chi connectivity index (χ0v) is 19.7. The molecule has 2 fully saturated rings. The van der Waals surface area contributed by atoms with E-state index in [2.05, 4.69) is 0 Å². The number of ketones is 1. The first-order chi connectivity index (χ1) is 15.9. The van der Waals surface area contributed by atoms with Crippen molar-refractivity contribution in [2.75, 3.05) is 13.7 Å². The molecule has 2 aromatic rings. The van der Waals surface area contributed by atoms with E-state index in [9.17, 15) is 14.7 Å². The predicted octanol–water partition coefficient (Wildman–Crippen LogP) is 5.08. The maximum atomic E-state index is 13.3. The van der Waals surface area contributed by atoms with Crippen LogP contribution in [0.2, 0.25) is 0 Å². The van der Waals surface area contributed by atoms with Gasteiger partial charge in [0.05, 0.1) is 25.3 Å². The highest BCUT2D eigenvalue weighted by molar-refractivity contribution is 6.46. The minimum atomic E-state index is -0.634. The van der Waals surface area contributed by atoms with Crippen LogP contribution in [-0.4, -0.2) is 41.5 Å². The van der Waals surface area contributed by atoms with Crippen molar-refractivity contribution >= 4 is 17.4 Å². The first-order valence-corrected chi connectivity index (χ1v) is 11.6. The number of carbonyl (C=O) groups excluding carboxylic acids is 2. The van der Waals surface area contributed by atoms with Gasteiger partial charge in [-0.3, -0.25) is 9.59 Å². The van der Waals surface area contributed by atoms with Crippen LogP contribution in [0.1, 0.15) is 60.9 Å². The quantitative estimate of drug-likeness (QED) is 0.378. The van der Waals surface area contributed by atoms with E-state index in [0.29, 0.717) is 17.9 Å². The lowest BCUT2D eigenvalue weighted by Crippen LogP contribution is -2.37. The van der Waals surface area contributed by atoms with Crippen LogP contribution < -0.4 is 9.47 Å². The molecule has 0 bridgehead atoms. The third kappa shape index (κ3) is 4.10. The van der Waals surface area contributed by atoms with Gasteiger partial charge in [0.15, 0.2) is 0 Å². The fraction of sp³-hybridized carbons (Fsp3) is 0.407. The van der Waals surface area contributed by atoms with Crippen LogP contribution >= 0.6 is 0 Å². The Labute approximate surface area is 194 Å². The van der Waals surface area contributed by atoms with Crippen LogP contribution in [0.4, 0.5) is 0 Å². The van der Waals surface area contributed by atoms with Crippen LogP contribution in [0.3, 0.4) is 0 Å². The van der Waals surface area contributed by atoms with Gasteiger partial charge in [-0.05, 0) is 74.6 Å². The van der Waals surface area contributed by atoms with E-state index in [1.165, 1.54) is 0 Å². The molecule has 1 unspecified atom stereocenters. The molecule has 174 valence electrons. The van der Waals surface area contributed by atoms with Crippen molar-refractivity contribution in [3.8, 4) is 11.5 Å². The Morgan fingerprint density at radius 2 is 1.73 bits per heavy atom. The number of aryl methyl sites for hydroxylation is 2. The summed E-state index contributed by atoms with van der Waals surface area (Å²) >= 11 is 0. The summed E-state index contributed by atoms with van der Waals surface area (Å²) in [7, 11) is 1.60. The van der Waals surface area contributed by atoms with Gasteiger partial charge in [-0.2, -0.15) is 0 Å². The maximum Gasteiger partial charge on any atom is 0.295 e. The van der Waals surface area contributed by atoms with Crippen LogP contribution in [-0.2, 0) is 9.59 Å². The van der Waals surface area contributed by atoms with Gasteiger partial charge in [0.25, 0.3) is 11.7 Å². The number of aliphatic hydroxyl groups excluding tert-OH is 1. The standard InChI is InChI=1S/C27H31NO5/c1-5-33-20-12-10-18(11-13-20)24-23(26(30)27(31)28(24)19-8-6-7-9-19)25(29)21-14-17(3)22(32-4)15-16(21)2/h10-15,19,24,29H,5-9H2,1-4H3/b25-23+. The van der Waals surface area contributed by atoms with Crippen molar-refractivity contribution in [1.29, 1.82) is 0 Å². The number of ether oxygens (including phenoxy) is 2. The summed E-state index contributed by atoms with van der Waals surface area (Å²) in [6.07, 6.45) is 3.78. The second-order valence-corrected chi connectivity index (χ2v) is 8.78. The first kappa shape index (κ1) is 22.9. The minimum absolute atomic E-state index is 0.0120. The lowest BCUT2D eigenvalue weighted by Gasteiger charge is -2.31. The second kappa shape index (κ2) is 9.30. The molecule has 2 aromatic carbocycles. The molecule has 1 amide bonds. The monoisotopic (exact) mass is 449 g/mol. The third-order valence-electron chi connectivity index (χ3n) is 6.70. The molecular formula is C27H31NO5. The number of hydrogen-bond donors (Lipinski definition) is 1. The minimum Gasteiger partial charge on any atom is -0.507 e. The summed E-state index contributed by atoms with van der Waals surface area (Å²) in [5.41, 5.74) is 3.08. The molecule has 2 aliphatic rings. The van der Waals surface area contributed by atoms with Gasteiger partial charge in [0, 0.05) is 11.6 Å². The maximum absolute atomic E-state index is 13.3. The molecule has 6 heteroatoms. The van der Waals surface area contributed by atoms with E-state index < -0.39 is 17.7 Å². The number of likely N-dealkylation sites (tertiary alicyclic amines) is 1. The highest BCUT2D eigenvalue weighted by Gasteiger charge is 2.49. The normalized spacial score (nSPS) is 20.5. The van der Waals surface area contributed by atoms with Crippen LogP contribution in [0.15, 0.2) is 42.0 Å². The summed E-state index contributed by atoms with van der Waals surface area (Å²) < 4.78 is 11.0. The number of amides is 1. The lowest BCUT2D eigenvalue weighted by atomic mass is 9.92. The Morgan fingerprint density at radius 1 is 1.06 bits per heavy atom. The predicted molar refractivity (Wildman–Crippen MR) is 126 cm³/mol. The molecule has 0 radical (unpaired) electrons. The molecule has 1 heterocycles. The van der Waals surface area contributed by atoms with Crippen molar-refractivity contribution in [1.82, 2.24) is 4.90 Å². The topological polar surface area (TPSA) is 76.1 Å². The molecule has 0 spiro atoms. The van der Waals surface area contributed by atoms with Crippen LogP contribution in [0.25, 0.3) is 5.76 Å². The number of rotatable bonds is 6. The number of carbonyl (C=O) groups is 2. The fourth-order valence-corrected chi connectivity index (χ4v) is 5.06. The Hall–Kier alpha value is -3.28. The molecule has 1 N–H and O–H groups in total. The van der Waals surface area contributed by atoms with Gasteiger partial charge in [-0.15, -0.1) is 0 Å². The highest BCUT2D eigenvalue weighted by atomic mass is 16.5. The number of benzene rings is 2. The molecular weight excluding hydrogens is 418 g/mol. The van der Waals surface area contributed by atoms with Gasteiger partial charge in [0.2, 0.25) is 0 Å². The van der Waals surface area contributed by atoms with Crippen molar-refractivity contribution in [2.45, 2.75) is 58.5 Å². The zero-order chi connectivity index (χ0) is 23.7. The smallest absolute Gasteiger partial charge is 0.295 e. The third-order valence-corrected chi connectivity index (χ3v) is 6.70. The molecule has 33 heavy (non-hydrogen) atoms. The summed E-state index contributed by atoms with van der Waals surface area (Å²) in [4.78, 5) is 28.2. The van der Waals surface area contributed by atoms with E-state index >= 15 is 0 Å². The van der Waals surface area contributed by atoms with Gasteiger partial charge in [-0.1, -0.05) is 25.0 Å². The SMILES string of the molecule is CCOc1ccc(C2/C(=C(\O)c3cc(C)c(OC)cc3C)C(=O)C(=O)N2C2CCCC2)cc1. The molecule has 1 aliphatic carbocycles. The van der Waals surface area contributed by atoms with E-state index in [4.69, 9.17) is 9.47 Å². The largest absolute Gasteiger partial charge is 0.507 e. The van der Waals surface area contributed by atoms with Crippen molar-refractivity contribution in [3.05, 3.63) is 64.2 Å². The van der Waals surface area contributed by atoms with Crippen LogP contribution in [0, 0.1) is 13.8 Å². The summed E-state index contributed by atoms with van der Waals surface area (Å²) in [5, 5.41) is 11.4. The Balaban J connectivity index is 1.88. The Morgan fingerprint density at radius 3 is 2.33 bits per heavy atom. The number of Topliss-reactive ketones (excluding diaryl/α,β-unsaturated/α-hetero) is 1. The Kier molecular flexibility index (Phi) is 6.45. The highest BCUT2D eigenvalue weighted by Crippen LogP contribution is 2.44. The van der Waals surface area contributed by atoms with Crippen molar-refractivity contribution in [3.63, 3.8) is 0 Å². The van der Waals surface area contributed by atoms with Gasteiger partial charge < -0.3 is 19.5 Å². The Bertz CT molecular complexity index is 1100. The van der Waals surface area contributed by atoms with E-state index in [0.717, 1.165) is 48.1 Å². The van der Waals surface area contributed by atoms with Crippen molar-refractivity contribution in [2.24, 2.45) is 0 Å². The fourth-order valence-electron chi connectivity index (χ4n) is 5.06. The van der Waals surface area contributed by atoms with E-state index in [-0.39, 0.29) is 17.4 Å². The average molecular weight is 450 g/mol. The number of hydrogen-bond acceptors (Lipinski definition) is 5. The summed E-state index contributed by atoms with van der Waals surface area (Å²) in [6.45, 7) is 6.21. The number of aliphatic hydroxyl groups is 1. The number of methoxy groups -OCH3 is 1. The first-order valence-electron chi connectivity index (χ1n) is 11.6. The summed E-state index contributed by atoms with van der Waals surface area (Å²) in [6, 6.07) is 10.4. The molecule has 6 nitrogen and oxygen atoms in total. The molecule has 1 aliphatic heterocycles. The zero-order valence-electron chi connectivity index (χ0n) is 19.7. The van der Waals surface area contributed by atoms with Gasteiger partial charge >= 0.3 is 0 Å². The molecule has 1 saturated heterocycles. The molecule has 4 rings (SSSR count). The van der Waals surface area contributed by atoms with E-state index in [1.54, 1.807) is 12.0 Å². The van der Waals surface area contributed by atoms with Crippen LogP contribution in [0.5, 0.6) is 11.5 Å². The molecule has 0 aromatic heterocycles. The molecule has 1 saturated carbocycles. The molecule has 1 atom stereocenters. The summed E-state index contributed by atoms with van der Waals surface area (Å²) in [5.74, 6) is 0.117.